The van der Waals surface area contributed by atoms with Crippen molar-refractivity contribution in [1.82, 2.24) is 4.90 Å². The second kappa shape index (κ2) is 13.9. The number of aryl methyl sites for hydroxylation is 1. The molecule has 0 aliphatic carbocycles. The van der Waals surface area contributed by atoms with Crippen LogP contribution in [-0.2, 0) is 17.8 Å². The first-order chi connectivity index (χ1) is 18.5. The Bertz CT molecular complexity index is 1140. The number of piperidine rings is 1. The number of hydrogen-bond acceptors (Lipinski definition) is 5. The Morgan fingerprint density at radius 1 is 1.03 bits per heavy atom. The van der Waals surface area contributed by atoms with E-state index in [0.29, 0.717) is 38.3 Å². The van der Waals surface area contributed by atoms with Crippen molar-refractivity contribution in [3.05, 3.63) is 95.6 Å². The summed E-state index contributed by atoms with van der Waals surface area (Å²) in [6, 6.07) is 25.9. The molecule has 202 valence electrons. The summed E-state index contributed by atoms with van der Waals surface area (Å²) in [6.45, 7) is 5.01. The highest BCUT2D eigenvalue weighted by Gasteiger charge is 2.34. The molecule has 3 atom stereocenters. The van der Waals surface area contributed by atoms with Crippen LogP contribution in [0.15, 0.2) is 78.9 Å². The molecule has 3 unspecified atom stereocenters. The monoisotopic (exact) mass is 517 g/mol. The minimum Gasteiger partial charge on any atom is -0.491 e. The van der Waals surface area contributed by atoms with Crippen LogP contribution in [0, 0.1) is 0 Å². The molecule has 0 aromatic heterocycles. The lowest BCUT2D eigenvalue weighted by Gasteiger charge is -2.38. The van der Waals surface area contributed by atoms with Crippen LogP contribution in [0.25, 0.3) is 0 Å². The summed E-state index contributed by atoms with van der Waals surface area (Å²) in [7, 11) is 0. The molecule has 1 saturated heterocycles. The first-order valence-electron chi connectivity index (χ1n) is 13.7. The van der Waals surface area contributed by atoms with Crippen molar-refractivity contribution >= 4 is 6.09 Å². The van der Waals surface area contributed by atoms with Gasteiger partial charge in [-0.25, -0.2) is 4.79 Å². The molecule has 1 aliphatic rings. The van der Waals surface area contributed by atoms with E-state index >= 15 is 0 Å². The maximum atomic E-state index is 12.8. The van der Waals surface area contributed by atoms with E-state index in [1.165, 1.54) is 5.56 Å². The topological polar surface area (TPSA) is 68.2 Å². The second-order valence-corrected chi connectivity index (χ2v) is 9.87. The smallest absolute Gasteiger partial charge is 0.410 e. The summed E-state index contributed by atoms with van der Waals surface area (Å²) in [5.74, 6) is 1.37. The van der Waals surface area contributed by atoms with Crippen LogP contribution in [0.3, 0.4) is 0 Å². The third-order valence-electron chi connectivity index (χ3n) is 6.91. The summed E-state index contributed by atoms with van der Waals surface area (Å²) < 4.78 is 17.9. The lowest BCUT2D eigenvalue weighted by atomic mass is 9.93. The van der Waals surface area contributed by atoms with Gasteiger partial charge in [0.1, 0.15) is 18.1 Å². The summed E-state index contributed by atoms with van der Waals surface area (Å²) in [5, 5.41) is 10.5. The molecule has 0 spiro atoms. The number of carbonyl (C=O) groups is 1. The second-order valence-electron chi connectivity index (χ2n) is 9.87. The molecule has 6 heteroatoms. The fourth-order valence-electron chi connectivity index (χ4n) is 4.92. The molecule has 1 aliphatic heterocycles. The van der Waals surface area contributed by atoms with Crippen LogP contribution in [0.2, 0.25) is 0 Å². The van der Waals surface area contributed by atoms with Gasteiger partial charge in [-0.2, -0.15) is 0 Å². The van der Waals surface area contributed by atoms with E-state index in [-0.39, 0.29) is 18.2 Å². The SMILES string of the molecule is CCOC(=O)N1CCC(O)CC1c1ccc(OC(C)CCCc2ccccc2)cc1OCc1ccccc1. The number of hydrogen-bond donors (Lipinski definition) is 1. The Hall–Kier alpha value is -3.51. The van der Waals surface area contributed by atoms with Gasteiger partial charge in [-0.15, -0.1) is 0 Å². The maximum Gasteiger partial charge on any atom is 0.410 e. The molecular formula is C32H39NO5. The average molecular weight is 518 g/mol. The summed E-state index contributed by atoms with van der Waals surface area (Å²) in [6.07, 6.45) is 3.12. The van der Waals surface area contributed by atoms with Crippen molar-refractivity contribution in [3.63, 3.8) is 0 Å². The van der Waals surface area contributed by atoms with Gasteiger partial charge in [-0.3, -0.25) is 0 Å². The molecule has 4 rings (SSSR count). The number of aliphatic hydroxyl groups is 1. The van der Waals surface area contributed by atoms with Crippen LogP contribution in [0.5, 0.6) is 11.5 Å². The fraction of sp³-hybridized carbons (Fsp3) is 0.406. The molecule has 3 aromatic rings. The molecule has 1 N–H and O–H groups in total. The largest absolute Gasteiger partial charge is 0.491 e. The van der Waals surface area contributed by atoms with Gasteiger partial charge < -0.3 is 24.2 Å². The molecular weight excluding hydrogens is 478 g/mol. The van der Waals surface area contributed by atoms with E-state index < -0.39 is 6.10 Å². The van der Waals surface area contributed by atoms with Crippen LogP contribution in [-0.4, -0.2) is 41.5 Å². The van der Waals surface area contributed by atoms with Crippen LogP contribution >= 0.6 is 0 Å². The van der Waals surface area contributed by atoms with Gasteiger partial charge in [0.2, 0.25) is 0 Å². The van der Waals surface area contributed by atoms with Crippen molar-refractivity contribution in [2.75, 3.05) is 13.2 Å². The van der Waals surface area contributed by atoms with E-state index in [9.17, 15) is 9.90 Å². The Balaban J connectivity index is 1.51. The Kier molecular flexibility index (Phi) is 10.0. The Morgan fingerprint density at radius 3 is 2.45 bits per heavy atom. The van der Waals surface area contributed by atoms with Gasteiger partial charge in [-0.05, 0) is 69.2 Å². The Labute approximate surface area is 226 Å². The number of rotatable bonds is 11. The number of nitrogens with zero attached hydrogens (tertiary/aromatic N) is 1. The minimum absolute atomic E-state index is 0.0408. The quantitative estimate of drug-likeness (QED) is 0.306. The summed E-state index contributed by atoms with van der Waals surface area (Å²) in [4.78, 5) is 14.5. The number of ether oxygens (including phenoxy) is 3. The van der Waals surface area contributed by atoms with Gasteiger partial charge in [0.15, 0.2) is 0 Å². The van der Waals surface area contributed by atoms with Gasteiger partial charge in [0.05, 0.1) is 24.9 Å². The number of benzene rings is 3. The lowest BCUT2D eigenvalue weighted by molar-refractivity contribution is 0.0293. The highest BCUT2D eigenvalue weighted by molar-refractivity contribution is 5.69. The zero-order chi connectivity index (χ0) is 26.7. The third-order valence-corrected chi connectivity index (χ3v) is 6.91. The number of likely N-dealkylation sites (tertiary alicyclic amines) is 1. The van der Waals surface area contributed by atoms with Gasteiger partial charge in [0, 0.05) is 18.2 Å². The average Bonchev–Trinajstić information content (AvgIpc) is 2.93. The molecule has 38 heavy (non-hydrogen) atoms. The van der Waals surface area contributed by atoms with Gasteiger partial charge in [0.25, 0.3) is 0 Å². The van der Waals surface area contributed by atoms with Gasteiger partial charge in [-0.1, -0.05) is 60.7 Å². The molecule has 6 nitrogen and oxygen atoms in total. The van der Waals surface area contributed by atoms with E-state index in [0.717, 1.165) is 36.1 Å². The van der Waals surface area contributed by atoms with Crippen molar-refractivity contribution in [1.29, 1.82) is 0 Å². The van der Waals surface area contributed by atoms with E-state index in [1.807, 2.05) is 54.6 Å². The summed E-state index contributed by atoms with van der Waals surface area (Å²) >= 11 is 0. The minimum atomic E-state index is -0.492. The van der Waals surface area contributed by atoms with Crippen LogP contribution < -0.4 is 9.47 Å². The predicted octanol–water partition coefficient (Wildman–Crippen LogP) is 6.71. The first kappa shape index (κ1) is 27.5. The molecule has 1 heterocycles. The van der Waals surface area contributed by atoms with Crippen molar-refractivity contribution in [2.45, 2.75) is 70.8 Å². The molecule has 1 fully saturated rings. The highest BCUT2D eigenvalue weighted by atomic mass is 16.6. The van der Waals surface area contributed by atoms with Crippen molar-refractivity contribution < 1.29 is 24.1 Å². The zero-order valence-corrected chi connectivity index (χ0v) is 22.4. The molecule has 0 saturated carbocycles. The molecule has 3 aromatic carbocycles. The van der Waals surface area contributed by atoms with Gasteiger partial charge >= 0.3 is 6.09 Å². The lowest BCUT2D eigenvalue weighted by Crippen LogP contribution is -2.43. The molecule has 0 radical (unpaired) electrons. The highest BCUT2D eigenvalue weighted by Crippen LogP contribution is 2.39. The molecule has 0 bridgehead atoms. The first-order valence-corrected chi connectivity index (χ1v) is 13.7. The summed E-state index contributed by atoms with van der Waals surface area (Å²) in [5.41, 5.74) is 3.23. The van der Waals surface area contributed by atoms with Crippen LogP contribution in [0.4, 0.5) is 4.79 Å². The fourth-order valence-corrected chi connectivity index (χ4v) is 4.92. The van der Waals surface area contributed by atoms with E-state index in [2.05, 4.69) is 31.2 Å². The van der Waals surface area contributed by atoms with E-state index in [1.54, 1.807) is 11.8 Å². The van der Waals surface area contributed by atoms with E-state index in [4.69, 9.17) is 14.2 Å². The number of amides is 1. The van der Waals surface area contributed by atoms with Crippen LogP contribution in [0.1, 0.15) is 62.3 Å². The zero-order valence-electron chi connectivity index (χ0n) is 22.4. The third kappa shape index (κ3) is 7.75. The normalized spacial score (nSPS) is 18.0. The van der Waals surface area contributed by atoms with Crippen molar-refractivity contribution in [2.24, 2.45) is 0 Å². The van der Waals surface area contributed by atoms with Crippen molar-refractivity contribution in [3.8, 4) is 11.5 Å². The number of carbonyl (C=O) groups excluding carboxylic acids is 1. The standard InChI is InChI=1S/C32H39NO5/c1-3-36-32(35)33-20-19-27(34)21-30(33)29-18-17-28(22-31(29)37-23-26-14-8-5-9-15-26)38-24(2)11-10-16-25-12-6-4-7-13-25/h4-9,12-15,17-18,22,24,27,30,34H,3,10-11,16,19-21,23H2,1-2H3. The number of aliphatic hydroxyl groups excluding tert-OH is 1. The molecule has 1 amide bonds. The maximum absolute atomic E-state index is 12.8. The predicted molar refractivity (Wildman–Crippen MR) is 148 cm³/mol. The Morgan fingerprint density at radius 2 is 1.74 bits per heavy atom.